The monoisotopic (exact) mass is 452 g/mol. The first-order valence-electron chi connectivity index (χ1n) is 8.43. The number of benzene rings is 1. The molecule has 1 aromatic rings. The van der Waals surface area contributed by atoms with Crippen molar-refractivity contribution in [2.45, 2.75) is 49.5 Å². The summed E-state index contributed by atoms with van der Waals surface area (Å²) >= 11 is 23.1. The van der Waals surface area contributed by atoms with Gasteiger partial charge in [-0.2, -0.15) is 0 Å². The van der Waals surface area contributed by atoms with E-state index < -0.39 is 9.96 Å². The average Bonchev–Trinajstić information content (AvgIpc) is 2.53. The van der Waals surface area contributed by atoms with Gasteiger partial charge in [0.25, 0.3) is 0 Å². The SMILES string of the molecule is CCCCCC(=O)NC(NC(=S)Nc1cccc(NC(C)=O)c1)C(Cl)(Cl)Cl. The number of halogens is 3. The smallest absolute Gasteiger partial charge is 0.228 e. The van der Waals surface area contributed by atoms with Gasteiger partial charge in [0.15, 0.2) is 5.11 Å². The predicted octanol–water partition coefficient (Wildman–Crippen LogP) is 4.32. The number of thiocarbonyl (C=S) groups is 1. The van der Waals surface area contributed by atoms with E-state index in [1.165, 1.54) is 6.92 Å². The summed E-state index contributed by atoms with van der Waals surface area (Å²) in [4.78, 5) is 23.2. The lowest BCUT2D eigenvalue weighted by atomic mass is 10.2. The van der Waals surface area contributed by atoms with E-state index in [1.807, 2.05) is 0 Å². The van der Waals surface area contributed by atoms with E-state index in [0.717, 1.165) is 19.3 Å². The van der Waals surface area contributed by atoms with Gasteiger partial charge in [-0.05, 0) is 36.8 Å². The summed E-state index contributed by atoms with van der Waals surface area (Å²) in [6.45, 7) is 3.47. The van der Waals surface area contributed by atoms with Crippen LogP contribution < -0.4 is 21.3 Å². The fraction of sp³-hybridized carbons (Fsp3) is 0.471. The van der Waals surface area contributed by atoms with Gasteiger partial charge in [-0.15, -0.1) is 0 Å². The van der Waals surface area contributed by atoms with Crippen LogP contribution in [0, 0.1) is 0 Å². The molecule has 0 saturated carbocycles. The molecule has 27 heavy (non-hydrogen) atoms. The van der Waals surface area contributed by atoms with Gasteiger partial charge in [0.2, 0.25) is 15.6 Å². The lowest BCUT2D eigenvalue weighted by molar-refractivity contribution is -0.122. The Morgan fingerprint density at radius 3 is 2.30 bits per heavy atom. The summed E-state index contributed by atoms with van der Waals surface area (Å²) in [5.74, 6) is -0.419. The Kier molecular flexibility index (Phi) is 10.2. The molecule has 10 heteroatoms. The first-order valence-corrected chi connectivity index (χ1v) is 9.97. The maximum absolute atomic E-state index is 12.0. The standard InChI is InChI=1S/C17H23Cl3N4O2S/c1-3-4-5-9-14(26)23-15(17(18,19)20)24-16(27)22-13-8-6-7-12(10-13)21-11(2)25/h6-8,10,15H,3-5,9H2,1-2H3,(H,21,25)(H,23,26)(H2,22,24,27). The Bertz CT molecular complexity index is 668. The van der Waals surface area contributed by atoms with Gasteiger partial charge >= 0.3 is 0 Å². The second-order valence-corrected chi connectivity index (χ2v) is 8.64. The van der Waals surface area contributed by atoms with E-state index >= 15 is 0 Å². The second kappa shape index (κ2) is 11.5. The molecule has 1 rings (SSSR count). The van der Waals surface area contributed by atoms with E-state index in [4.69, 9.17) is 47.0 Å². The van der Waals surface area contributed by atoms with Crippen molar-refractivity contribution in [3.63, 3.8) is 0 Å². The highest BCUT2D eigenvalue weighted by Crippen LogP contribution is 2.29. The van der Waals surface area contributed by atoms with Crippen molar-refractivity contribution >= 4 is 75.3 Å². The third-order valence-corrected chi connectivity index (χ3v) is 4.23. The fourth-order valence-electron chi connectivity index (χ4n) is 2.14. The lowest BCUT2D eigenvalue weighted by Gasteiger charge is -2.27. The minimum Gasteiger partial charge on any atom is -0.339 e. The highest BCUT2D eigenvalue weighted by atomic mass is 35.6. The molecule has 0 spiro atoms. The maximum atomic E-state index is 12.0. The van der Waals surface area contributed by atoms with Crippen LogP contribution in [0.1, 0.15) is 39.5 Å². The number of amides is 2. The topological polar surface area (TPSA) is 82.3 Å². The van der Waals surface area contributed by atoms with E-state index in [0.29, 0.717) is 17.8 Å². The van der Waals surface area contributed by atoms with Gasteiger partial charge in [0.05, 0.1) is 0 Å². The third kappa shape index (κ3) is 10.0. The molecule has 1 unspecified atom stereocenters. The average molecular weight is 454 g/mol. The van der Waals surface area contributed by atoms with Crippen molar-refractivity contribution in [2.24, 2.45) is 0 Å². The molecule has 1 aromatic carbocycles. The minimum atomic E-state index is -1.80. The largest absolute Gasteiger partial charge is 0.339 e. The first-order chi connectivity index (χ1) is 12.6. The number of carbonyl (C=O) groups excluding carboxylic acids is 2. The van der Waals surface area contributed by atoms with Crippen molar-refractivity contribution in [3.05, 3.63) is 24.3 Å². The Morgan fingerprint density at radius 1 is 1.11 bits per heavy atom. The summed E-state index contributed by atoms with van der Waals surface area (Å²) in [5, 5.41) is 11.2. The zero-order valence-electron chi connectivity index (χ0n) is 15.1. The van der Waals surface area contributed by atoms with Crippen molar-refractivity contribution in [1.29, 1.82) is 0 Å². The van der Waals surface area contributed by atoms with Gasteiger partial charge in [-0.1, -0.05) is 60.6 Å². The normalized spacial score (nSPS) is 12.0. The summed E-state index contributed by atoms with van der Waals surface area (Å²) in [5.41, 5.74) is 1.23. The molecule has 6 nitrogen and oxygen atoms in total. The molecule has 0 fully saturated rings. The molecule has 0 aliphatic carbocycles. The van der Waals surface area contributed by atoms with Crippen LogP contribution in [-0.4, -0.2) is 26.9 Å². The molecular formula is C17H23Cl3N4O2S. The number of anilines is 2. The summed E-state index contributed by atoms with van der Waals surface area (Å²) in [6.07, 6.45) is 2.05. The molecule has 4 N–H and O–H groups in total. The molecule has 0 aliphatic heterocycles. The molecule has 1 atom stereocenters. The number of hydrogen-bond donors (Lipinski definition) is 4. The molecule has 0 saturated heterocycles. The van der Waals surface area contributed by atoms with Crippen molar-refractivity contribution < 1.29 is 9.59 Å². The second-order valence-electron chi connectivity index (χ2n) is 5.86. The van der Waals surface area contributed by atoms with Crippen LogP contribution in [0.3, 0.4) is 0 Å². The lowest BCUT2D eigenvalue weighted by Crippen LogP contribution is -2.56. The molecule has 0 radical (unpaired) electrons. The number of alkyl halides is 3. The predicted molar refractivity (Wildman–Crippen MR) is 116 cm³/mol. The number of rotatable bonds is 8. The van der Waals surface area contributed by atoms with Gasteiger partial charge in [-0.3, -0.25) is 9.59 Å². The Labute approximate surface area is 179 Å². The molecule has 2 amide bonds. The quantitative estimate of drug-likeness (QED) is 0.204. The van der Waals surface area contributed by atoms with E-state index in [-0.39, 0.29) is 16.9 Å². The van der Waals surface area contributed by atoms with Crippen molar-refractivity contribution in [1.82, 2.24) is 10.6 Å². The van der Waals surface area contributed by atoms with Crippen LogP contribution in [0.25, 0.3) is 0 Å². The van der Waals surface area contributed by atoms with E-state index in [1.54, 1.807) is 24.3 Å². The Hall–Kier alpha value is -1.28. The minimum absolute atomic E-state index is 0.153. The molecule has 0 aromatic heterocycles. The number of nitrogens with one attached hydrogen (secondary N) is 4. The van der Waals surface area contributed by atoms with Crippen molar-refractivity contribution in [3.8, 4) is 0 Å². The van der Waals surface area contributed by atoms with Gasteiger partial charge in [-0.25, -0.2) is 0 Å². The summed E-state index contributed by atoms with van der Waals surface area (Å²) < 4.78 is -1.80. The molecule has 150 valence electrons. The molecule has 0 heterocycles. The highest BCUT2D eigenvalue weighted by molar-refractivity contribution is 7.80. The van der Waals surface area contributed by atoms with E-state index in [9.17, 15) is 9.59 Å². The van der Waals surface area contributed by atoms with Crippen LogP contribution in [0.15, 0.2) is 24.3 Å². The van der Waals surface area contributed by atoms with Crippen LogP contribution in [0.5, 0.6) is 0 Å². The van der Waals surface area contributed by atoms with Gasteiger partial charge in [0, 0.05) is 24.7 Å². The van der Waals surface area contributed by atoms with Crippen molar-refractivity contribution in [2.75, 3.05) is 10.6 Å². The fourth-order valence-corrected chi connectivity index (χ4v) is 2.71. The van der Waals surface area contributed by atoms with Crippen LogP contribution in [0.4, 0.5) is 11.4 Å². The van der Waals surface area contributed by atoms with Gasteiger partial charge in [0.1, 0.15) is 6.17 Å². The Balaban J connectivity index is 2.69. The summed E-state index contributed by atoms with van der Waals surface area (Å²) in [6, 6.07) is 6.94. The third-order valence-electron chi connectivity index (χ3n) is 3.36. The Morgan fingerprint density at radius 2 is 1.74 bits per heavy atom. The molecule has 0 bridgehead atoms. The van der Waals surface area contributed by atoms with Crippen LogP contribution in [0.2, 0.25) is 0 Å². The van der Waals surface area contributed by atoms with Crippen LogP contribution >= 0.6 is 47.0 Å². The van der Waals surface area contributed by atoms with Gasteiger partial charge < -0.3 is 21.3 Å². The number of unbranched alkanes of at least 4 members (excludes halogenated alkanes) is 2. The molecular weight excluding hydrogens is 431 g/mol. The zero-order valence-corrected chi connectivity index (χ0v) is 18.2. The maximum Gasteiger partial charge on any atom is 0.228 e. The number of hydrogen-bond acceptors (Lipinski definition) is 3. The number of carbonyl (C=O) groups is 2. The summed E-state index contributed by atoms with van der Waals surface area (Å²) in [7, 11) is 0. The van der Waals surface area contributed by atoms with Crippen LogP contribution in [-0.2, 0) is 9.59 Å². The highest BCUT2D eigenvalue weighted by Gasteiger charge is 2.34. The zero-order chi connectivity index (χ0) is 20.4. The molecule has 0 aliphatic rings. The van der Waals surface area contributed by atoms with E-state index in [2.05, 4.69) is 28.2 Å². The first kappa shape index (κ1) is 23.8.